The molecule has 1 atom stereocenters. The number of carbonyl (C=O) groups is 3. The summed E-state index contributed by atoms with van der Waals surface area (Å²) in [5.74, 6) is 0.817. The van der Waals surface area contributed by atoms with Crippen molar-refractivity contribution in [2.45, 2.75) is 31.7 Å². The molecule has 7 nitrogen and oxygen atoms in total. The maximum Gasteiger partial charge on any atom is 0.255 e. The zero-order valence-corrected chi connectivity index (χ0v) is 21.8. The van der Waals surface area contributed by atoms with E-state index in [-0.39, 0.29) is 17.7 Å². The lowest BCUT2D eigenvalue weighted by molar-refractivity contribution is -0.143. The van der Waals surface area contributed by atoms with Crippen LogP contribution in [0.5, 0.6) is 5.75 Å². The first-order chi connectivity index (χ1) is 16.8. The number of para-hydroxylation sites is 1. The average Bonchev–Trinajstić information content (AvgIpc) is 2.90. The van der Waals surface area contributed by atoms with Gasteiger partial charge in [-0.25, -0.2) is 0 Å². The molecule has 3 amide bonds. The number of nitrogens with one attached hydrogen (secondary N) is 1. The summed E-state index contributed by atoms with van der Waals surface area (Å²) in [4.78, 5) is 43.2. The lowest BCUT2D eigenvalue weighted by atomic mass is 9.83. The molecule has 1 aliphatic rings. The van der Waals surface area contributed by atoms with Gasteiger partial charge in [0.15, 0.2) is 0 Å². The van der Waals surface area contributed by atoms with Crippen molar-refractivity contribution in [3.05, 3.63) is 65.7 Å². The number of piperazine rings is 1. The minimum absolute atomic E-state index is 0.0548. The fourth-order valence-electron chi connectivity index (χ4n) is 4.29. The van der Waals surface area contributed by atoms with E-state index in [0.717, 1.165) is 11.3 Å². The van der Waals surface area contributed by atoms with Crippen LogP contribution < -0.4 is 10.1 Å². The highest BCUT2D eigenvalue weighted by molar-refractivity contribution is 7.98. The Bertz CT molecular complexity index is 1020. The highest BCUT2D eigenvalue weighted by atomic mass is 32.2. The number of nitrogens with zero attached hydrogens (tertiary/aromatic N) is 2. The number of methoxy groups -OCH3 is 1. The van der Waals surface area contributed by atoms with Gasteiger partial charge in [0.2, 0.25) is 11.8 Å². The second-order valence-corrected chi connectivity index (χ2v) is 10.1. The van der Waals surface area contributed by atoms with Crippen LogP contribution in [0.2, 0.25) is 0 Å². The molecule has 0 aromatic heterocycles. The van der Waals surface area contributed by atoms with E-state index in [0.29, 0.717) is 43.9 Å². The predicted octanol–water partition coefficient (Wildman–Crippen LogP) is 3.20. The summed E-state index contributed by atoms with van der Waals surface area (Å²) < 4.78 is 5.30. The van der Waals surface area contributed by atoms with Crippen molar-refractivity contribution in [2.24, 2.45) is 0 Å². The van der Waals surface area contributed by atoms with Gasteiger partial charge in [0.25, 0.3) is 5.91 Å². The second kappa shape index (κ2) is 12.1. The Hall–Kier alpha value is -3.00. The van der Waals surface area contributed by atoms with E-state index in [2.05, 4.69) is 5.32 Å². The molecular formula is C27H35N3O4S. The lowest BCUT2D eigenvalue weighted by Crippen LogP contribution is -2.57. The minimum Gasteiger partial charge on any atom is -0.496 e. The van der Waals surface area contributed by atoms with Gasteiger partial charge in [0, 0.05) is 26.2 Å². The van der Waals surface area contributed by atoms with E-state index in [1.807, 2.05) is 55.3 Å². The lowest BCUT2D eigenvalue weighted by Gasteiger charge is -2.39. The van der Waals surface area contributed by atoms with E-state index in [9.17, 15) is 14.4 Å². The summed E-state index contributed by atoms with van der Waals surface area (Å²) in [6.45, 7) is 5.70. The number of hydrogen-bond acceptors (Lipinski definition) is 5. The number of benzene rings is 2. The molecule has 1 unspecified atom stereocenters. The monoisotopic (exact) mass is 497 g/mol. The number of hydrogen-bond donors (Lipinski definition) is 1. The molecule has 0 aliphatic carbocycles. The summed E-state index contributed by atoms with van der Waals surface area (Å²) in [5.41, 5.74) is 0.729. The highest BCUT2D eigenvalue weighted by Gasteiger charge is 2.36. The Balaban J connectivity index is 1.65. The quantitative estimate of drug-likeness (QED) is 0.576. The predicted molar refractivity (Wildman–Crippen MR) is 140 cm³/mol. The molecule has 2 aromatic rings. The summed E-state index contributed by atoms with van der Waals surface area (Å²) in [6, 6.07) is 16.1. The SMILES string of the molecule is COc1ccccc1C(=O)NC(CCSC)C(=O)N1CCN(C(=O)C(C)(C)c2ccccc2)CC1. The number of thioether (sulfide) groups is 1. The molecule has 0 bridgehead atoms. The molecule has 35 heavy (non-hydrogen) atoms. The molecule has 8 heteroatoms. The molecule has 1 fully saturated rings. The Morgan fingerprint density at radius 3 is 2.20 bits per heavy atom. The molecule has 2 aromatic carbocycles. The average molecular weight is 498 g/mol. The maximum atomic E-state index is 13.4. The van der Waals surface area contributed by atoms with E-state index in [4.69, 9.17) is 4.74 Å². The third-order valence-electron chi connectivity index (χ3n) is 6.47. The number of rotatable bonds is 9. The van der Waals surface area contributed by atoms with Gasteiger partial charge in [0.1, 0.15) is 11.8 Å². The molecule has 0 saturated carbocycles. The van der Waals surface area contributed by atoms with Crippen LogP contribution in [0.3, 0.4) is 0 Å². The molecule has 188 valence electrons. The van der Waals surface area contributed by atoms with Gasteiger partial charge in [-0.3, -0.25) is 14.4 Å². The third-order valence-corrected chi connectivity index (χ3v) is 7.12. The molecule has 1 saturated heterocycles. The molecule has 0 spiro atoms. The van der Waals surface area contributed by atoms with Crippen LogP contribution in [-0.2, 0) is 15.0 Å². The van der Waals surface area contributed by atoms with Gasteiger partial charge in [-0.2, -0.15) is 11.8 Å². The van der Waals surface area contributed by atoms with Crippen LogP contribution in [-0.4, -0.2) is 78.9 Å². The van der Waals surface area contributed by atoms with Crippen LogP contribution >= 0.6 is 11.8 Å². The van der Waals surface area contributed by atoms with Crippen molar-refractivity contribution in [3.8, 4) is 5.75 Å². The minimum atomic E-state index is -0.642. The Morgan fingerprint density at radius 2 is 1.57 bits per heavy atom. The first-order valence-electron chi connectivity index (χ1n) is 11.9. The summed E-state index contributed by atoms with van der Waals surface area (Å²) in [7, 11) is 1.52. The van der Waals surface area contributed by atoms with Gasteiger partial charge >= 0.3 is 0 Å². The molecule has 3 rings (SSSR count). The fraction of sp³-hybridized carbons (Fsp3) is 0.444. The Kier molecular flexibility index (Phi) is 9.20. The largest absolute Gasteiger partial charge is 0.496 e. The first-order valence-corrected chi connectivity index (χ1v) is 13.3. The van der Waals surface area contributed by atoms with E-state index in [1.54, 1.807) is 40.9 Å². The first kappa shape index (κ1) is 26.6. The smallest absolute Gasteiger partial charge is 0.255 e. The van der Waals surface area contributed by atoms with Crippen molar-refractivity contribution < 1.29 is 19.1 Å². The fourth-order valence-corrected chi connectivity index (χ4v) is 4.76. The van der Waals surface area contributed by atoms with Gasteiger partial charge < -0.3 is 19.9 Å². The van der Waals surface area contributed by atoms with Crippen LogP contribution in [0.1, 0.15) is 36.2 Å². The van der Waals surface area contributed by atoms with E-state index in [1.165, 1.54) is 7.11 Å². The van der Waals surface area contributed by atoms with Crippen molar-refractivity contribution in [1.82, 2.24) is 15.1 Å². The van der Waals surface area contributed by atoms with Gasteiger partial charge in [-0.05, 0) is 50.0 Å². The number of carbonyl (C=O) groups excluding carboxylic acids is 3. The molecule has 1 heterocycles. The summed E-state index contributed by atoms with van der Waals surface area (Å²) in [6.07, 6.45) is 2.50. The highest BCUT2D eigenvalue weighted by Crippen LogP contribution is 2.26. The van der Waals surface area contributed by atoms with Crippen molar-refractivity contribution in [1.29, 1.82) is 0 Å². The van der Waals surface area contributed by atoms with Crippen LogP contribution in [0.4, 0.5) is 0 Å². The number of ether oxygens (including phenoxy) is 1. The number of amides is 3. The van der Waals surface area contributed by atoms with Crippen molar-refractivity contribution in [3.63, 3.8) is 0 Å². The van der Waals surface area contributed by atoms with E-state index < -0.39 is 11.5 Å². The summed E-state index contributed by atoms with van der Waals surface area (Å²) in [5, 5.41) is 2.92. The van der Waals surface area contributed by atoms with Gasteiger partial charge in [0.05, 0.1) is 18.1 Å². The van der Waals surface area contributed by atoms with E-state index >= 15 is 0 Å². The van der Waals surface area contributed by atoms with Crippen LogP contribution in [0.15, 0.2) is 54.6 Å². The normalized spacial score (nSPS) is 14.9. The zero-order chi connectivity index (χ0) is 25.4. The zero-order valence-electron chi connectivity index (χ0n) is 21.0. The van der Waals surface area contributed by atoms with Crippen molar-refractivity contribution in [2.75, 3.05) is 45.3 Å². The Labute approximate surface area is 212 Å². The van der Waals surface area contributed by atoms with Crippen LogP contribution in [0.25, 0.3) is 0 Å². The summed E-state index contributed by atoms with van der Waals surface area (Å²) >= 11 is 1.63. The molecular weight excluding hydrogens is 462 g/mol. The molecule has 0 radical (unpaired) electrons. The maximum absolute atomic E-state index is 13.4. The van der Waals surface area contributed by atoms with Gasteiger partial charge in [-0.15, -0.1) is 0 Å². The second-order valence-electron chi connectivity index (χ2n) is 9.12. The Morgan fingerprint density at radius 1 is 0.971 bits per heavy atom. The topological polar surface area (TPSA) is 79.0 Å². The van der Waals surface area contributed by atoms with Crippen molar-refractivity contribution >= 4 is 29.5 Å². The molecule has 1 N–H and O–H groups in total. The van der Waals surface area contributed by atoms with Crippen LogP contribution in [0, 0.1) is 0 Å². The third kappa shape index (κ3) is 6.36. The van der Waals surface area contributed by atoms with Gasteiger partial charge in [-0.1, -0.05) is 42.5 Å². The standard InChI is InChI=1S/C27H35N3O4S/c1-27(2,20-10-6-5-7-11-20)26(33)30-17-15-29(16-18-30)25(32)22(14-19-35-4)28-24(31)21-12-8-9-13-23(21)34-3/h5-13,22H,14-19H2,1-4H3,(H,28,31). The molecule has 1 aliphatic heterocycles.